The topological polar surface area (TPSA) is 83.4 Å². The number of ether oxygens (including phenoxy) is 1. The Kier molecular flexibility index (Phi) is 6.81. The van der Waals surface area contributed by atoms with Crippen molar-refractivity contribution in [3.63, 3.8) is 0 Å². The third-order valence-electron chi connectivity index (χ3n) is 5.97. The number of aliphatic imine (C=N–C) groups is 2. The number of para-hydroxylation sites is 2. The Morgan fingerprint density at radius 1 is 1.03 bits per heavy atom. The van der Waals surface area contributed by atoms with Crippen LogP contribution in [0.3, 0.4) is 0 Å². The molecule has 0 saturated carbocycles. The van der Waals surface area contributed by atoms with E-state index in [4.69, 9.17) is 9.73 Å². The van der Waals surface area contributed by atoms with E-state index >= 15 is 0 Å². The van der Waals surface area contributed by atoms with Crippen molar-refractivity contribution in [2.75, 3.05) is 7.11 Å². The molecular weight excluding hydrogens is 479 g/mol. The molecule has 5 rings (SSSR count). The Balaban J connectivity index is 1.36. The van der Waals surface area contributed by atoms with Gasteiger partial charge in [0.1, 0.15) is 23.4 Å². The van der Waals surface area contributed by atoms with Crippen LogP contribution in [0.2, 0.25) is 0 Å². The lowest BCUT2D eigenvalue weighted by atomic mass is 10.1. The van der Waals surface area contributed by atoms with Gasteiger partial charge in [0.25, 0.3) is 5.91 Å². The minimum Gasteiger partial charge on any atom is -0.496 e. The normalized spacial score (nSPS) is 16.1. The number of hydrogen-bond acceptors (Lipinski definition) is 6. The molecule has 2 aliphatic rings. The van der Waals surface area contributed by atoms with Crippen LogP contribution in [0.15, 0.2) is 82.8 Å². The number of thioether (sulfide) groups is 1. The maximum atomic E-state index is 14.2. The predicted octanol–water partition coefficient (Wildman–Crippen LogP) is 4.43. The van der Waals surface area contributed by atoms with Gasteiger partial charge in [0, 0.05) is 23.4 Å². The van der Waals surface area contributed by atoms with Gasteiger partial charge in [-0.2, -0.15) is 4.99 Å². The first-order valence-electron chi connectivity index (χ1n) is 11.4. The number of amides is 2. The van der Waals surface area contributed by atoms with E-state index in [0.717, 1.165) is 11.1 Å². The molecule has 1 unspecified atom stereocenters. The highest BCUT2D eigenvalue weighted by Gasteiger charge is 2.42. The lowest BCUT2D eigenvalue weighted by Gasteiger charge is -2.31. The van der Waals surface area contributed by atoms with E-state index in [9.17, 15) is 14.0 Å². The SMILES string of the molecule is COc1ccccc1CNC(=O)CC1C(=O)N=C2c3ccccc3N=C(SCc3ccccc3F)N21. The van der Waals surface area contributed by atoms with E-state index in [-0.39, 0.29) is 24.7 Å². The van der Waals surface area contributed by atoms with Gasteiger partial charge in [0.2, 0.25) is 5.91 Å². The minimum atomic E-state index is -0.835. The summed E-state index contributed by atoms with van der Waals surface area (Å²) >= 11 is 1.31. The molecule has 7 nitrogen and oxygen atoms in total. The van der Waals surface area contributed by atoms with E-state index in [1.165, 1.54) is 17.8 Å². The molecule has 3 aromatic rings. The van der Waals surface area contributed by atoms with E-state index in [1.807, 2.05) is 48.5 Å². The van der Waals surface area contributed by atoms with Crippen molar-refractivity contribution in [1.82, 2.24) is 10.2 Å². The number of rotatable bonds is 7. The van der Waals surface area contributed by atoms with E-state index < -0.39 is 11.9 Å². The number of fused-ring (bicyclic) bond motifs is 3. The number of carbonyl (C=O) groups excluding carboxylic acids is 2. The van der Waals surface area contributed by atoms with Gasteiger partial charge in [-0.1, -0.05) is 60.3 Å². The van der Waals surface area contributed by atoms with Crippen molar-refractivity contribution < 1.29 is 18.7 Å². The van der Waals surface area contributed by atoms with Crippen LogP contribution in [0.5, 0.6) is 5.75 Å². The fourth-order valence-corrected chi connectivity index (χ4v) is 5.19. The number of amidine groups is 2. The molecule has 1 N–H and O–H groups in total. The molecule has 0 aliphatic carbocycles. The molecule has 0 spiro atoms. The third kappa shape index (κ3) is 4.74. The number of hydrogen-bond donors (Lipinski definition) is 1. The van der Waals surface area contributed by atoms with Crippen molar-refractivity contribution in [3.8, 4) is 5.75 Å². The van der Waals surface area contributed by atoms with Gasteiger partial charge < -0.3 is 10.1 Å². The predicted molar refractivity (Wildman–Crippen MR) is 138 cm³/mol. The zero-order chi connectivity index (χ0) is 25.1. The molecule has 2 heterocycles. The Hall–Kier alpha value is -3.98. The molecule has 0 radical (unpaired) electrons. The molecule has 0 saturated heterocycles. The molecule has 0 bridgehead atoms. The average Bonchev–Trinajstić information content (AvgIpc) is 3.23. The number of benzene rings is 3. The molecule has 182 valence electrons. The largest absolute Gasteiger partial charge is 0.496 e. The second kappa shape index (κ2) is 10.3. The average molecular weight is 503 g/mol. The molecule has 9 heteroatoms. The molecule has 2 amide bonds. The van der Waals surface area contributed by atoms with Crippen LogP contribution in [0, 0.1) is 5.82 Å². The first-order chi connectivity index (χ1) is 17.5. The van der Waals surface area contributed by atoms with Crippen molar-refractivity contribution in [3.05, 3.63) is 95.3 Å². The summed E-state index contributed by atoms with van der Waals surface area (Å²) in [5, 5.41) is 3.37. The van der Waals surface area contributed by atoms with Gasteiger partial charge in [-0.3, -0.25) is 14.5 Å². The Morgan fingerprint density at radius 3 is 2.56 bits per heavy atom. The first kappa shape index (κ1) is 23.7. The summed E-state index contributed by atoms with van der Waals surface area (Å²) in [6, 6.07) is 20.5. The molecule has 2 aliphatic heterocycles. The van der Waals surface area contributed by atoms with Gasteiger partial charge >= 0.3 is 0 Å². The summed E-state index contributed by atoms with van der Waals surface area (Å²) in [7, 11) is 1.57. The van der Waals surface area contributed by atoms with Gasteiger partial charge in [0.15, 0.2) is 5.17 Å². The number of nitrogens with zero attached hydrogens (tertiary/aromatic N) is 3. The number of methoxy groups -OCH3 is 1. The van der Waals surface area contributed by atoms with E-state index in [2.05, 4.69) is 10.3 Å². The summed E-state index contributed by atoms with van der Waals surface area (Å²) in [4.78, 5) is 36.6. The van der Waals surface area contributed by atoms with Crippen LogP contribution in [-0.2, 0) is 21.9 Å². The van der Waals surface area contributed by atoms with E-state index in [0.29, 0.717) is 33.8 Å². The summed E-state index contributed by atoms with van der Waals surface area (Å²) in [5.41, 5.74) is 2.76. The Morgan fingerprint density at radius 2 is 1.75 bits per heavy atom. The molecule has 36 heavy (non-hydrogen) atoms. The molecule has 0 aromatic heterocycles. The lowest BCUT2D eigenvalue weighted by molar-refractivity contribution is -0.126. The van der Waals surface area contributed by atoms with Crippen LogP contribution in [0.25, 0.3) is 0 Å². The number of carbonyl (C=O) groups is 2. The summed E-state index contributed by atoms with van der Waals surface area (Å²) in [5.74, 6) is 0.441. The highest BCUT2D eigenvalue weighted by molar-refractivity contribution is 8.13. The van der Waals surface area contributed by atoms with Crippen molar-refractivity contribution >= 4 is 40.3 Å². The maximum Gasteiger partial charge on any atom is 0.271 e. The monoisotopic (exact) mass is 502 g/mol. The van der Waals surface area contributed by atoms with Gasteiger partial charge in [-0.05, 0) is 29.8 Å². The lowest BCUT2D eigenvalue weighted by Crippen LogP contribution is -2.45. The smallest absolute Gasteiger partial charge is 0.271 e. The quantitative estimate of drug-likeness (QED) is 0.517. The summed E-state index contributed by atoms with van der Waals surface area (Å²) in [6.07, 6.45) is -0.0948. The van der Waals surface area contributed by atoms with Crippen LogP contribution in [0.4, 0.5) is 10.1 Å². The van der Waals surface area contributed by atoms with Gasteiger partial charge in [0.05, 0.1) is 19.2 Å². The second-order valence-electron chi connectivity index (χ2n) is 8.24. The van der Waals surface area contributed by atoms with Crippen LogP contribution < -0.4 is 10.1 Å². The molecule has 0 fully saturated rings. The molecule has 1 atom stereocenters. The van der Waals surface area contributed by atoms with Crippen LogP contribution in [0.1, 0.15) is 23.1 Å². The zero-order valence-electron chi connectivity index (χ0n) is 19.5. The van der Waals surface area contributed by atoms with Crippen LogP contribution in [-0.4, -0.2) is 40.9 Å². The summed E-state index contributed by atoms with van der Waals surface area (Å²) < 4.78 is 19.6. The highest BCUT2D eigenvalue weighted by Crippen LogP contribution is 2.36. The standard InChI is InChI=1S/C27H23FN4O3S/c1-35-23-13-7-3-8-17(23)15-29-24(33)14-22-26(34)31-25-19-10-4-6-12-21(19)30-27(32(22)25)36-16-18-9-2-5-11-20(18)28/h2-13,22H,14-16H2,1H3,(H,29,33). The molecule has 3 aromatic carbocycles. The zero-order valence-corrected chi connectivity index (χ0v) is 20.3. The third-order valence-corrected chi connectivity index (χ3v) is 6.97. The fourth-order valence-electron chi connectivity index (χ4n) is 4.15. The van der Waals surface area contributed by atoms with Crippen LogP contribution >= 0.6 is 11.8 Å². The number of nitrogens with one attached hydrogen (secondary N) is 1. The van der Waals surface area contributed by atoms with E-state index in [1.54, 1.807) is 30.2 Å². The van der Waals surface area contributed by atoms with Crippen molar-refractivity contribution in [2.45, 2.75) is 24.8 Å². The van der Waals surface area contributed by atoms with Crippen molar-refractivity contribution in [1.29, 1.82) is 0 Å². The van der Waals surface area contributed by atoms with Gasteiger partial charge in [-0.25, -0.2) is 9.38 Å². The van der Waals surface area contributed by atoms with Crippen molar-refractivity contribution in [2.24, 2.45) is 9.98 Å². The highest BCUT2D eigenvalue weighted by atomic mass is 32.2. The number of halogens is 1. The molecular formula is C27H23FN4O3S. The fraction of sp³-hybridized carbons (Fsp3) is 0.185. The second-order valence-corrected chi connectivity index (χ2v) is 9.19. The van der Waals surface area contributed by atoms with Gasteiger partial charge in [-0.15, -0.1) is 0 Å². The summed E-state index contributed by atoms with van der Waals surface area (Å²) in [6.45, 7) is 0.267. The maximum absolute atomic E-state index is 14.2. The Bertz CT molecular complexity index is 1390. The first-order valence-corrected chi connectivity index (χ1v) is 12.4. The Labute approximate surface area is 212 Å². The minimum absolute atomic E-state index is 0.0948.